The monoisotopic (exact) mass is 411 g/mol. The van der Waals surface area contributed by atoms with E-state index in [1.54, 1.807) is 24.1 Å². The number of methoxy groups -OCH3 is 2. The van der Waals surface area contributed by atoms with Crippen LogP contribution in [0, 0.1) is 0 Å². The van der Waals surface area contributed by atoms with Gasteiger partial charge in [0.15, 0.2) is 23.9 Å². The van der Waals surface area contributed by atoms with Gasteiger partial charge in [-0.2, -0.15) is 0 Å². The third-order valence-corrected chi connectivity index (χ3v) is 5.73. The van der Waals surface area contributed by atoms with E-state index in [0.29, 0.717) is 54.5 Å². The number of likely N-dealkylation sites (tertiary alicyclic amines) is 1. The molecule has 0 unspecified atom stereocenters. The number of ketones is 1. The smallest absolute Gasteiger partial charge is 0.260 e. The number of amides is 1. The van der Waals surface area contributed by atoms with Gasteiger partial charge < -0.3 is 23.8 Å². The number of Topliss-reactive ketones (excluding diaryl/α,β-unsaturated/α-hetero) is 1. The lowest BCUT2D eigenvalue weighted by atomic mass is 9.82. The van der Waals surface area contributed by atoms with Crippen LogP contribution < -0.4 is 18.9 Å². The second-order valence-electron chi connectivity index (χ2n) is 7.55. The van der Waals surface area contributed by atoms with E-state index in [2.05, 4.69) is 0 Å². The largest absolute Gasteiger partial charge is 0.493 e. The Morgan fingerprint density at radius 3 is 2.47 bits per heavy atom. The van der Waals surface area contributed by atoms with Crippen LogP contribution in [0.4, 0.5) is 0 Å². The Morgan fingerprint density at radius 1 is 1.07 bits per heavy atom. The summed E-state index contributed by atoms with van der Waals surface area (Å²) in [6.45, 7) is 1.00. The minimum atomic E-state index is -0.638. The van der Waals surface area contributed by atoms with Crippen LogP contribution in [-0.4, -0.2) is 56.1 Å². The Morgan fingerprint density at radius 2 is 1.80 bits per heavy atom. The van der Waals surface area contributed by atoms with Crippen LogP contribution in [0.2, 0.25) is 0 Å². The van der Waals surface area contributed by atoms with E-state index in [4.69, 9.17) is 18.9 Å². The first-order valence-electron chi connectivity index (χ1n) is 9.98. The molecule has 4 rings (SSSR count). The molecule has 2 aliphatic rings. The SMILES string of the molecule is COc1ccc2c(c1OC)OC1(CCN(C(=O)COc3ccccc3)CC1)CC2=O. The Kier molecular flexibility index (Phi) is 5.53. The van der Waals surface area contributed by atoms with Crippen molar-refractivity contribution >= 4 is 11.7 Å². The summed E-state index contributed by atoms with van der Waals surface area (Å²) in [7, 11) is 3.08. The molecule has 2 aliphatic heterocycles. The van der Waals surface area contributed by atoms with Crippen molar-refractivity contribution in [3.63, 3.8) is 0 Å². The van der Waals surface area contributed by atoms with Crippen molar-refractivity contribution in [3.05, 3.63) is 48.0 Å². The second-order valence-corrected chi connectivity index (χ2v) is 7.55. The van der Waals surface area contributed by atoms with Crippen LogP contribution in [-0.2, 0) is 4.79 Å². The number of carbonyl (C=O) groups is 2. The molecular weight excluding hydrogens is 386 g/mol. The van der Waals surface area contributed by atoms with Crippen LogP contribution in [0.1, 0.15) is 29.6 Å². The van der Waals surface area contributed by atoms with Crippen molar-refractivity contribution in [2.24, 2.45) is 0 Å². The van der Waals surface area contributed by atoms with Gasteiger partial charge >= 0.3 is 0 Å². The lowest BCUT2D eigenvalue weighted by Crippen LogP contribution is -2.53. The van der Waals surface area contributed by atoms with E-state index in [1.807, 2.05) is 30.3 Å². The lowest BCUT2D eigenvalue weighted by Gasteiger charge is -2.44. The van der Waals surface area contributed by atoms with Gasteiger partial charge in [0.25, 0.3) is 5.91 Å². The van der Waals surface area contributed by atoms with Crippen molar-refractivity contribution in [2.45, 2.75) is 24.9 Å². The predicted octanol–water partition coefficient (Wildman–Crippen LogP) is 3.11. The van der Waals surface area contributed by atoms with E-state index < -0.39 is 5.60 Å². The molecule has 2 aromatic rings. The van der Waals surface area contributed by atoms with Crippen LogP contribution in [0.3, 0.4) is 0 Å². The fourth-order valence-electron chi connectivity index (χ4n) is 4.06. The quantitative estimate of drug-likeness (QED) is 0.753. The molecule has 0 bridgehead atoms. The van der Waals surface area contributed by atoms with Gasteiger partial charge in [-0.1, -0.05) is 18.2 Å². The van der Waals surface area contributed by atoms with Crippen molar-refractivity contribution in [1.29, 1.82) is 0 Å². The number of rotatable bonds is 5. The first-order chi connectivity index (χ1) is 14.5. The lowest BCUT2D eigenvalue weighted by molar-refractivity contribution is -0.137. The standard InChI is InChI=1S/C23H25NO6/c1-27-19-9-8-17-18(25)14-23(30-21(17)22(19)28-2)10-12-24(13-11-23)20(26)15-29-16-6-4-3-5-7-16/h3-9H,10-15H2,1-2H3. The summed E-state index contributed by atoms with van der Waals surface area (Å²) >= 11 is 0. The third-order valence-electron chi connectivity index (χ3n) is 5.73. The summed E-state index contributed by atoms with van der Waals surface area (Å²) in [5, 5.41) is 0. The van der Waals surface area contributed by atoms with Crippen LogP contribution in [0.5, 0.6) is 23.0 Å². The maximum atomic E-state index is 12.8. The number of fused-ring (bicyclic) bond motifs is 1. The third kappa shape index (κ3) is 3.79. The summed E-state index contributed by atoms with van der Waals surface area (Å²) in [5.41, 5.74) is -0.131. The summed E-state index contributed by atoms with van der Waals surface area (Å²) in [6.07, 6.45) is 1.42. The average Bonchev–Trinajstić information content (AvgIpc) is 2.77. The van der Waals surface area contributed by atoms with Crippen LogP contribution in [0.15, 0.2) is 42.5 Å². The van der Waals surface area contributed by atoms with Crippen molar-refractivity contribution in [2.75, 3.05) is 33.9 Å². The Bertz CT molecular complexity index is 934. The molecule has 158 valence electrons. The Labute approximate surface area is 175 Å². The van der Waals surface area contributed by atoms with Gasteiger partial charge in [0.1, 0.15) is 11.4 Å². The molecule has 0 atom stereocenters. The molecule has 0 saturated carbocycles. The number of carbonyl (C=O) groups excluding carboxylic acids is 2. The number of nitrogens with zero attached hydrogens (tertiary/aromatic N) is 1. The summed E-state index contributed by atoms with van der Waals surface area (Å²) < 4.78 is 22.7. The minimum absolute atomic E-state index is 0.00927. The summed E-state index contributed by atoms with van der Waals surface area (Å²) in [6, 6.07) is 12.7. The molecule has 30 heavy (non-hydrogen) atoms. The first kappa shape index (κ1) is 20.1. The molecule has 0 aromatic heterocycles. The molecule has 1 spiro atoms. The highest BCUT2D eigenvalue weighted by Gasteiger charge is 2.45. The zero-order chi connectivity index (χ0) is 21.1. The van der Waals surface area contributed by atoms with Crippen molar-refractivity contribution < 1.29 is 28.5 Å². The summed E-state index contributed by atoms with van der Waals surface area (Å²) in [4.78, 5) is 27.1. The minimum Gasteiger partial charge on any atom is -0.493 e. The molecule has 2 heterocycles. The highest BCUT2D eigenvalue weighted by atomic mass is 16.5. The van der Waals surface area contributed by atoms with Gasteiger partial charge in [0.2, 0.25) is 5.75 Å². The molecule has 1 saturated heterocycles. The maximum absolute atomic E-state index is 12.8. The highest BCUT2D eigenvalue weighted by molar-refractivity contribution is 6.01. The van der Waals surface area contributed by atoms with Gasteiger partial charge in [0.05, 0.1) is 26.2 Å². The van der Waals surface area contributed by atoms with Gasteiger partial charge in [-0.05, 0) is 24.3 Å². The number of hydrogen-bond acceptors (Lipinski definition) is 6. The molecule has 2 aromatic carbocycles. The molecular formula is C23H25NO6. The van der Waals surface area contributed by atoms with Gasteiger partial charge in [-0.3, -0.25) is 9.59 Å². The fraction of sp³-hybridized carbons (Fsp3) is 0.391. The predicted molar refractivity (Wildman–Crippen MR) is 110 cm³/mol. The number of para-hydroxylation sites is 1. The molecule has 7 nitrogen and oxygen atoms in total. The van der Waals surface area contributed by atoms with Crippen molar-refractivity contribution in [1.82, 2.24) is 4.90 Å². The molecule has 0 radical (unpaired) electrons. The number of piperidine rings is 1. The molecule has 7 heteroatoms. The molecule has 1 amide bonds. The Hall–Kier alpha value is -3.22. The van der Waals surface area contributed by atoms with E-state index in [0.717, 1.165) is 0 Å². The van der Waals surface area contributed by atoms with Crippen molar-refractivity contribution in [3.8, 4) is 23.0 Å². The highest BCUT2D eigenvalue weighted by Crippen LogP contribution is 2.47. The van der Waals surface area contributed by atoms with E-state index in [9.17, 15) is 9.59 Å². The topological polar surface area (TPSA) is 74.3 Å². The zero-order valence-electron chi connectivity index (χ0n) is 17.2. The second kappa shape index (κ2) is 8.26. The van der Waals surface area contributed by atoms with E-state index >= 15 is 0 Å². The zero-order valence-corrected chi connectivity index (χ0v) is 17.2. The molecule has 0 N–H and O–H groups in total. The van der Waals surface area contributed by atoms with Gasteiger partial charge in [-0.25, -0.2) is 0 Å². The molecule has 1 fully saturated rings. The molecule has 0 aliphatic carbocycles. The average molecular weight is 411 g/mol. The summed E-state index contributed by atoms with van der Waals surface area (Å²) in [5.74, 6) is 1.99. The Balaban J connectivity index is 1.43. The maximum Gasteiger partial charge on any atom is 0.260 e. The fourth-order valence-corrected chi connectivity index (χ4v) is 4.06. The van der Waals surface area contributed by atoms with Gasteiger partial charge in [-0.15, -0.1) is 0 Å². The van der Waals surface area contributed by atoms with Gasteiger partial charge in [0, 0.05) is 25.9 Å². The number of hydrogen-bond donors (Lipinski definition) is 0. The van der Waals surface area contributed by atoms with Crippen LogP contribution >= 0.6 is 0 Å². The van der Waals surface area contributed by atoms with E-state index in [-0.39, 0.29) is 24.7 Å². The van der Waals surface area contributed by atoms with Crippen LogP contribution in [0.25, 0.3) is 0 Å². The normalized spacial score (nSPS) is 17.1. The number of benzene rings is 2. The van der Waals surface area contributed by atoms with E-state index in [1.165, 1.54) is 7.11 Å². The number of ether oxygens (including phenoxy) is 4. The first-order valence-corrected chi connectivity index (χ1v) is 9.98.